The van der Waals surface area contributed by atoms with Gasteiger partial charge in [0.2, 0.25) is 0 Å². The van der Waals surface area contributed by atoms with Gasteiger partial charge < -0.3 is 15.3 Å². The smallest absolute Gasteiger partial charge is 0.119 e. The van der Waals surface area contributed by atoms with E-state index >= 15 is 0 Å². The van der Waals surface area contributed by atoms with E-state index in [-0.39, 0.29) is 35.5 Å². The summed E-state index contributed by atoms with van der Waals surface area (Å²) in [5.41, 5.74) is 1.85. The number of aliphatic hydroxyl groups is 1. The predicted octanol–water partition coefficient (Wildman–Crippen LogP) is 2.97. The Morgan fingerprint density at radius 3 is 2.85 bits per heavy atom. The molecule has 5 atom stereocenters. The highest BCUT2D eigenvalue weighted by Crippen LogP contribution is 2.42. The van der Waals surface area contributed by atoms with E-state index in [1.54, 1.807) is 13.3 Å². The molecule has 2 bridgehead atoms. The first-order valence-corrected chi connectivity index (χ1v) is 8.68. The van der Waals surface area contributed by atoms with Crippen molar-refractivity contribution >= 4 is 34.9 Å². The van der Waals surface area contributed by atoms with Gasteiger partial charge in [0.15, 0.2) is 0 Å². The van der Waals surface area contributed by atoms with Gasteiger partial charge in [-0.25, -0.2) is 0 Å². The minimum absolute atomic E-state index is 0. The fourth-order valence-electron chi connectivity index (χ4n) is 4.44. The molecule has 3 saturated heterocycles. The Hall–Kier alpha value is -1.22. The largest absolute Gasteiger partial charge is 0.497 e. The highest BCUT2D eigenvalue weighted by atomic mass is 127. The van der Waals surface area contributed by atoms with Crippen molar-refractivity contribution in [3.05, 3.63) is 48.7 Å². The molecule has 3 N–H and O–H groups in total. The van der Waals surface area contributed by atoms with Crippen molar-refractivity contribution in [2.45, 2.75) is 25.0 Å². The van der Waals surface area contributed by atoms with Crippen molar-refractivity contribution in [2.24, 2.45) is 11.8 Å². The molecule has 0 spiro atoms. The van der Waals surface area contributed by atoms with Crippen molar-refractivity contribution in [3.8, 4) is 5.75 Å². The van der Waals surface area contributed by atoms with E-state index in [0.717, 1.165) is 41.7 Å². The molecule has 0 amide bonds. The van der Waals surface area contributed by atoms with Crippen LogP contribution in [-0.4, -0.2) is 46.7 Å². The van der Waals surface area contributed by atoms with Gasteiger partial charge in [0, 0.05) is 24.2 Å². The van der Waals surface area contributed by atoms with Crippen LogP contribution in [0.5, 0.6) is 5.75 Å². The zero-order chi connectivity index (χ0) is 16.7. The summed E-state index contributed by atoms with van der Waals surface area (Å²) < 4.78 is 5.35. The number of fused-ring (bicyclic) bond motifs is 4. The highest BCUT2D eigenvalue weighted by Gasteiger charge is 2.42. The van der Waals surface area contributed by atoms with Crippen LogP contribution in [0.1, 0.15) is 24.5 Å². The Bertz CT molecular complexity index is 770. The first kappa shape index (κ1) is 21.1. The summed E-state index contributed by atoms with van der Waals surface area (Å²) >= 11 is 0. The molecule has 26 heavy (non-hydrogen) atoms. The summed E-state index contributed by atoms with van der Waals surface area (Å²) in [4.78, 5) is 6.86. The number of hydrogen-bond acceptors (Lipinski definition) is 4. The van der Waals surface area contributed by atoms with Crippen LogP contribution < -0.4 is 4.74 Å². The second-order valence-electron chi connectivity index (χ2n) is 6.97. The molecule has 142 valence electrons. The Kier molecular flexibility index (Phi) is 7.01. The van der Waals surface area contributed by atoms with E-state index in [1.165, 1.54) is 6.42 Å². The number of benzene rings is 1. The fraction of sp³-hybridized carbons (Fsp3) is 0.450. The van der Waals surface area contributed by atoms with E-state index in [4.69, 9.17) is 4.74 Å². The minimum atomic E-state index is -0.504. The fourth-order valence-corrected chi connectivity index (χ4v) is 4.44. The lowest BCUT2D eigenvalue weighted by molar-refractivity contribution is -0.0444. The van der Waals surface area contributed by atoms with Crippen LogP contribution in [0.2, 0.25) is 0 Å². The molecule has 3 fully saturated rings. The molecule has 0 radical (unpaired) electrons. The first-order valence-electron chi connectivity index (χ1n) is 8.68. The molecule has 5 rings (SSSR count). The van der Waals surface area contributed by atoms with Crippen LogP contribution in [-0.2, 0) is 0 Å². The number of aromatic nitrogens is 1. The summed E-state index contributed by atoms with van der Waals surface area (Å²) in [6, 6.07) is 7.96. The third-order valence-electron chi connectivity index (χ3n) is 5.82. The number of halogens is 1. The lowest BCUT2D eigenvalue weighted by atomic mass is 9.73. The van der Waals surface area contributed by atoms with Gasteiger partial charge in [-0.1, -0.05) is 6.08 Å². The summed E-state index contributed by atoms with van der Waals surface area (Å²) in [5, 5.41) is 12.1. The Balaban J connectivity index is 0.00000121. The second kappa shape index (κ2) is 8.65. The molecule has 1 unspecified atom stereocenters. The van der Waals surface area contributed by atoms with Crippen LogP contribution in [0, 0.1) is 11.8 Å². The van der Waals surface area contributed by atoms with Gasteiger partial charge in [-0.05, 0) is 61.1 Å². The number of methoxy groups -OCH3 is 1. The highest BCUT2D eigenvalue weighted by molar-refractivity contribution is 14.0. The van der Waals surface area contributed by atoms with Crippen LogP contribution in [0.3, 0.4) is 0 Å². The maximum absolute atomic E-state index is 11.2. The third-order valence-corrected chi connectivity index (χ3v) is 5.82. The number of hydrogen-bond donors (Lipinski definition) is 1. The van der Waals surface area contributed by atoms with Gasteiger partial charge in [-0.15, -0.1) is 30.6 Å². The Morgan fingerprint density at radius 2 is 2.19 bits per heavy atom. The van der Waals surface area contributed by atoms with Gasteiger partial charge in [0.1, 0.15) is 5.75 Å². The lowest BCUT2D eigenvalue weighted by Gasteiger charge is -2.50. The van der Waals surface area contributed by atoms with Crippen LogP contribution in [0.15, 0.2) is 43.1 Å². The molecule has 0 aliphatic carbocycles. The number of piperidine rings is 3. The monoisotopic (exact) mass is 470 g/mol. The van der Waals surface area contributed by atoms with Crippen molar-refractivity contribution in [3.63, 3.8) is 0 Å². The zero-order valence-electron chi connectivity index (χ0n) is 15.0. The van der Waals surface area contributed by atoms with Gasteiger partial charge in [-0.2, -0.15) is 0 Å². The lowest BCUT2D eigenvalue weighted by Crippen LogP contribution is -2.54. The van der Waals surface area contributed by atoms with E-state index in [2.05, 4.69) is 22.5 Å². The Morgan fingerprint density at radius 1 is 1.38 bits per heavy atom. The predicted molar refractivity (Wildman–Crippen MR) is 114 cm³/mol. The van der Waals surface area contributed by atoms with Crippen LogP contribution >= 0.6 is 24.0 Å². The average Bonchev–Trinajstić information content (AvgIpc) is 2.66. The number of nitrogens with zero attached hydrogens (tertiary/aromatic N) is 2. The van der Waals surface area contributed by atoms with E-state index in [9.17, 15) is 5.11 Å². The van der Waals surface area contributed by atoms with Crippen LogP contribution in [0.25, 0.3) is 10.9 Å². The van der Waals surface area contributed by atoms with Crippen molar-refractivity contribution < 1.29 is 15.3 Å². The topological polar surface area (TPSA) is 77.1 Å². The number of ether oxygens (including phenoxy) is 1. The van der Waals surface area contributed by atoms with Crippen LogP contribution in [0.4, 0.5) is 0 Å². The molecule has 0 saturated carbocycles. The van der Waals surface area contributed by atoms with Gasteiger partial charge in [0.25, 0.3) is 0 Å². The standard InChI is InChI=1S/C20H24N2O2.HI.H2O/c1-3-13-12-22-9-7-14(13)10-19(22)20(23)16-6-8-21-18-5-4-15(24-2)11-17(16)18;;/h3-6,8,11,13-14,19-20,23H,1,7,9-10,12H2,2H3;1H;1H2/t13-,14-,19-,20+;;/m0../s1. The quantitative estimate of drug-likeness (QED) is 0.551. The molecular formula is C20H27IN2O3. The number of aliphatic hydroxyl groups excluding tert-OH is 1. The second-order valence-corrected chi connectivity index (χ2v) is 6.97. The third kappa shape index (κ3) is 3.60. The van der Waals surface area contributed by atoms with Gasteiger partial charge >= 0.3 is 0 Å². The first-order chi connectivity index (χ1) is 11.7. The number of pyridine rings is 1. The van der Waals surface area contributed by atoms with Gasteiger partial charge in [0.05, 0.1) is 18.7 Å². The summed E-state index contributed by atoms with van der Waals surface area (Å²) in [6.45, 7) is 6.07. The zero-order valence-corrected chi connectivity index (χ0v) is 17.3. The van der Waals surface area contributed by atoms with Crippen molar-refractivity contribution in [2.75, 3.05) is 20.2 Å². The summed E-state index contributed by atoms with van der Waals surface area (Å²) in [7, 11) is 1.66. The van der Waals surface area contributed by atoms with Crippen molar-refractivity contribution in [1.82, 2.24) is 9.88 Å². The minimum Gasteiger partial charge on any atom is -0.497 e. The molecule has 5 nitrogen and oxygen atoms in total. The molecule has 1 aromatic carbocycles. The van der Waals surface area contributed by atoms with E-state index < -0.39 is 6.10 Å². The molecule has 6 heteroatoms. The average molecular weight is 470 g/mol. The molecule has 1 aromatic heterocycles. The molecule has 3 aliphatic heterocycles. The summed E-state index contributed by atoms with van der Waals surface area (Å²) in [5.74, 6) is 2.01. The number of rotatable bonds is 4. The molecule has 3 aliphatic rings. The molecular weight excluding hydrogens is 443 g/mol. The maximum Gasteiger partial charge on any atom is 0.119 e. The van der Waals surface area contributed by atoms with Crippen molar-refractivity contribution in [1.29, 1.82) is 0 Å². The normalized spacial score (nSPS) is 27.9. The molecule has 2 aromatic rings. The van der Waals surface area contributed by atoms with Gasteiger partial charge in [-0.3, -0.25) is 9.88 Å². The van der Waals surface area contributed by atoms with E-state index in [1.807, 2.05) is 24.3 Å². The molecule has 4 heterocycles. The maximum atomic E-state index is 11.2. The van der Waals surface area contributed by atoms with E-state index in [0.29, 0.717) is 11.8 Å². The Labute approximate surface area is 171 Å². The summed E-state index contributed by atoms with van der Waals surface area (Å²) in [6.07, 6.45) is 5.62. The SMILES string of the molecule is C=C[C@H]1CN2CC[C@H]1C[C@H]2[C@H](O)c1ccnc2ccc(OC)cc12.I.O.